The minimum atomic E-state index is -6.22. The summed E-state index contributed by atoms with van der Waals surface area (Å²) >= 11 is 0. The third kappa shape index (κ3) is 5.76. The van der Waals surface area contributed by atoms with Crippen molar-refractivity contribution in [3.8, 4) is 0 Å². The van der Waals surface area contributed by atoms with E-state index < -0.39 is 35.8 Å². The van der Waals surface area contributed by atoms with Crippen molar-refractivity contribution in [1.82, 2.24) is 5.32 Å². The Labute approximate surface area is 169 Å². The van der Waals surface area contributed by atoms with Crippen molar-refractivity contribution in [2.24, 2.45) is 0 Å². The molecule has 1 unspecified atom stereocenters. The molecule has 1 aromatic rings. The molecule has 0 heterocycles. The van der Waals surface area contributed by atoms with Crippen LogP contribution in [0.15, 0.2) is 24.3 Å². The van der Waals surface area contributed by atoms with Gasteiger partial charge in [0.25, 0.3) is 0 Å². The Morgan fingerprint density at radius 3 is 1.93 bits per heavy atom. The lowest BCUT2D eigenvalue weighted by Gasteiger charge is -2.31. The molecule has 0 aliphatic carbocycles. The number of hydrogen-bond acceptors (Lipinski definition) is 4. The molecule has 30 heavy (non-hydrogen) atoms. The first-order chi connectivity index (χ1) is 13.8. The molecule has 172 valence electrons. The lowest BCUT2D eigenvalue weighted by molar-refractivity contribution is -0.390. The molecule has 0 radical (unpaired) electrons. The number of aliphatic hydroxyl groups is 1. The molecule has 2 amide bonds. The van der Waals surface area contributed by atoms with E-state index in [1.807, 2.05) is 0 Å². The van der Waals surface area contributed by atoms with Gasteiger partial charge in [-0.05, 0) is 32.9 Å². The van der Waals surface area contributed by atoms with Crippen LogP contribution in [-0.2, 0) is 15.4 Å². The number of amides is 2. The fourth-order valence-electron chi connectivity index (χ4n) is 2.45. The van der Waals surface area contributed by atoms with Crippen LogP contribution >= 0.6 is 0 Å². The number of alkyl halides is 6. The molecule has 1 aromatic carbocycles. The quantitative estimate of drug-likeness (QED) is 0.422. The highest BCUT2D eigenvalue weighted by Gasteiger charge is 2.71. The predicted molar refractivity (Wildman–Crippen MR) is 95.9 cm³/mol. The summed E-state index contributed by atoms with van der Waals surface area (Å²) in [5.74, 6) is -11.0. The summed E-state index contributed by atoms with van der Waals surface area (Å²) in [6, 6.07) is 2.15. The Kier molecular flexibility index (Phi) is 8.93. The van der Waals surface area contributed by atoms with Crippen LogP contribution in [0.3, 0.4) is 0 Å². The zero-order chi connectivity index (χ0) is 23.2. The summed E-state index contributed by atoms with van der Waals surface area (Å²) in [4.78, 5) is 13.4. The number of nitrogens with zero attached hydrogens (tertiary/aromatic N) is 1. The molecule has 0 fully saturated rings. The average molecular weight is 446 g/mol. The molecule has 0 bridgehead atoms. The van der Waals surface area contributed by atoms with Crippen LogP contribution in [0, 0.1) is 0 Å². The fourth-order valence-corrected chi connectivity index (χ4v) is 2.45. The molecule has 0 aromatic heterocycles. The van der Waals surface area contributed by atoms with E-state index in [1.165, 1.54) is 0 Å². The van der Waals surface area contributed by atoms with Gasteiger partial charge in [0.15, 0.2) is 6.29 Å². The van der Waals surface area contributed by atoms with Crippen molar-refractivity contribution in [3.05, 3.63) is 29.8 Å². The predicted octanol–water partition coefficient (Wildman–Crippen LogP) is 3.93. The Morgan fingerprint density at radius 2 is 1.53 bits per heavy atom. The molecule has 12 heteroatoms. The number of benzene rings is 1. The van der Waals surface area contributed by atoms with Gasteiger partial charge < -0.3 is 19.9 Å². The number of carbonyl (C=O) groups is 1. The molecule has 0 saturated heterocycles. The lowest BCUT2D eigenvalue weighted by Crippen LogP contribution is -2.53. The highest BCUT2D eigenvalue weighted by molar-refractivity contribution is 5.92. The molecule has 0 aliphatic heterocycles. The minimum absolute atomic E-state index is 0.0133. The third-order valence-electron chi connectivity index (χ3n) is 3.94. The average Bonchev–Trinajstić information content (AvgIpc) is 2.65. The number of urea groups is 1. The molecule has 1 atom stereocenters. The molecule has 0 saturated carbocycles. The molecule has 0 aliphatic rings. The highest BCUT2D eigenvalue weighted by atomic mass is 19.4. The van der Waals surface area contributed by atoms with Gasteiger partial charge in [0.05, 0.1) is 6.54 Å². The first-order valence-electron chi connectivity index (χ1n) is 9.08. The third-order valence-corrected chi connectivity index (χ3v) is 3.94. The van der Waals surface area contributed by atoms with Crippen LogP contribution in [-0.4, -0.2) is 55.8 Å². The van der Waals surface area contributed by atoms with Crippen LogP contribution in [0.2, 0.25) is 0 Å². The SMILES string of the molecule is CCNC(=O)N(CC(OCC)OCC)c1ccc(C(F)(F)C(O)(F)C(F)(F)F)cc1. The van der Waals surface area contributed by atoms with E-state index in [0.717, 1.165) is 17.0 Å². The molecular weight excluding hydrogens is 422 g/mol. The van der Waals surface area contributed by atoms with Crippen molar-refractivity contribution < 1.29 is 45.7 Å². The molecular formula is C18H24F6N2O4. The Morgan fingerprint density at radius 1 is 1.03 bits per heavy atom. The van der Waals surface area contributed by atoms with Gasteiger partial charge in [-0.1, -0.05) is 12.1 Å². The number of hydrogen-bond donors (Lipinski definition) is 2. The van der Waals surface area contributed by atoms with Crippen LogP contribution in [0.1, 0.15) is 26.3 Å². The number of carbonyl (C=O) groups excluding carboxylic acids is 1. The molecule has 0 spiro atoms. The van der Waals surface area contributed by atoms with E-state index in [0.29, 0.717) is 12.1 Å². The fraction of sp³-hybridized carbons (Fsp3) is 0.611. The van der Waals surface area contributed by atoms with E-state index in [2.05, 4.69) is 5.32 Å². The summed E-state index contributed by atoms with van der Waals surface area (Å²) in [6.45, 7) is 5.62. The first-order valence-corrected chi connectivity index (χ1v) is 9.08. The van der Waals surface area contributed by atoms with Crippen LogP contribution in [0.5, 0.6) is 0 Å². The number of ether oxygens (including phenoxy) is 2. The second-order valence-electron chi connectivity index (χ2n) is 6.03. The van der Waals surface area contributed by atoms with Crippen LogP contribution in [0.4, 0.5) is 36.8 Å². The molecule has 6 nitrogen and oxygen atoms in total. The smallest absolute Gasteiger partial charge is 0.351 e. The summed E-state index contributed by atoms with van der Waals surface area (Å²) < 4.78 is 89.6. The monoisotopic (exact) mass is 446 g/mol. The summed E-state index contributed by atoms with van der Waals surface area (Å²) in [5, 5.41) is 11.3. The summed E-state index contributed by atoms with van der Waals surface area (Å²) in [5.41, 5.74) is -1.41. The maximum atomic E-state index is 14.0. The van der Waals surface area contributed by atoms with Gasteiger partial charge in [-0.3, -0.25) is 4.90 Å². The summed E-state index contributed by atoms with van der Waals surface area (Å²) in [6.07, 6.45) is -7.07. The Bertz CT molecular complexity index is 676. The van der Waals surface area contributed by atoms with Gasteiger partial charge in [0, 0.05) is 31.0 Å². The van der Waals surface area contributed by atoms with Gasteiger partial charge in [0.2, 0.25) is 0 Å². The zero-order valence-electron chi connectivity index (χ0n) is 16.6. The van der Waals surface area contributed by atoms with E-state index in [9.17, 15) is 31.1 Å². The van der Waals surface area contributed by atoms with Crippen molar-refractivity contribution in [2.45, 2.75) is 45.0 Å². The largest absolute Gasteiger partial charge is 0.455 e. The van der Waals surface area contributed by atoms with Gasteiger partial charge in [-0.2, -0.15) is 26.3 Å². The van der Waals surface area contributed by atoms with E-state index >= 15 is 0 Å². The van der Waals surface area contributed by atoms with Crippen molar-refractivity contribution in [3.63, 3.8) is 0 Å². The van der Waals surface area contributed by atoms with Gasteiger partial charge in [-0.25, -0.2) is 4.79 Å². The molecule has 2 N–H and O–H groups in total. The maximum absolute atomic E-state index is 14.0. The van der Waals surface area contributed by atoms with Crippen molar-refractivity contribution in [2.75, 3.05) is 31.2 Å². The van der Waals surface area contributed by atoms with E-state index in [-0.39, 0.29) is 32.0 Å². The second kappa shape index (κ2) is 10.3. The second-order valence-corrected chi connectivity index (χ2v) is 6.03. The Balaban J connectivity index is 3.24. The minimum Gasteiger partial charge on any atom is -0.351 e. The Hall–Kier alpha value is -2.05. The van der Waals surface area contributed by atoms with Gasteiger partial charge >= 0.3 is 24.0 Å². The van der Waals surface area contributed by atoms with Crippen LogP contribution < -0.4 is 10.2 Å². The van der Waals surface area contributed by atoms with E-state index in [1.54, 1.807) is 20.8 Å². The normalized spacial score (nSPS) is 14.5. The van der Waals surface area contributed by atoms with Crippen molar-refractivity contribution >= 4 is 11.7 Å². The van der Waals surface area contributed by atoms with E-state index in [4.69, 9.17) is 14.6 Å². The van der Waals surface area contributed by atoms with Crippen LogP contribution in [0.25, 0.3) is 0 Å². The lowest BCUT2D eigenvalue weighted by atomic mass is 10.0. The highest BCUT2D eigenvalue weighted by Crippen LogP contribution is 2.49. The molecule has 1 rings (SSSR count). The number of anilines is 1. The number of rotatable bonds is 10. The topological polar surface area (TPSA) is 71.0 Å². The van der Waals surface area contributed by atoms with Crippen molar-refractivity contribution in [1.29, 1.82) is 0 Å². The maximum Gasteiger partial charge on any atom is 0.455 e. The van der Waals surface area contributed by atoms with Gasteiger partial charge in [0.1, 0.15) is 0 Å². The first kappa shape index (κ1) is 26.0. The van der Waals surface area contributed by atoms with Gasteiger partial charge in [-0.15, -0.1) is 0 Å². The number of nitrogens with one attached hydrogen (secondary N) is 1. The number of halogens is 6. The zero-order valence-corrected chi connectivity index (χ0v) is 16.6. The summed E-state index contributed by atoms with van der Waals surface area (Å²) in [7, 11) is 0. The standard InChI is InChI=1S/C18H24F6N2O4/c1-4-25-15(27)26(11-14(29-5-2)30-6-3)13-9-7-12(8-10-13)16(19,20)17(21,28)18(22,23)24/h7-10,14,28H,4-6,11H2,1-3H3,(H,25,27).